The molecule has 0 atom stereocenters. The van der Waals surface area contributed by atoms with Gasteiger partial charge in [0, 0.05) is 18.1 Å². The molecular weight excluding hydrogens is 278 g/mol. The van der Waals surface area contributed by atoms with Crippen LogP contribution in [0.3, 0.4) is 0 Å². The first-order valence-electron chi connectivity index (χ1n) is 8.84. The molecule has 1 aromatic rings. The molecule has 0 saturated carbocycles. The molecule has 0 radical (unpaired) electrons. The molecule has 0 unspecified atom stereocenters. The predicted molar refractivity (Wildman–Crippen MR) is 87.9 cm³/mol. The number of aryl methyl sites for hydroxylation is 2. The number of aromatic nitrogens is 1. The van der Waals surface area contributed by atoms with Gasteiger partial charge in [-0.25, -0.2) is 4.57 Å². The van der Waals surface area contributed by atoms with Crippen molar-refractivity contribution in [3.63, 3.8) is 0 Å². The van der Waals surface area contributed by atoms with Crippen molar-refractivity contribution in [1.82, 2.24) is 0 Å². The molecule has 0 amide bonds. The van der Waals surface area contributed by atoms with E-state index < -0.39 is 0 Å². The van der Waals surface area contributed by atoms with Gasteiger partial charge in [0.2, 0.25) is 0 Å². The molecule has 1 nitrogen and oxygen atoms in total. The summed E-state index contributed by atoms with van der Waals surface area (Å²) in [5.41, 5.74) is 1.48. The average Bonchev–Trinajstić information content (AvgIpc) is 2.46. The minimum atomic E-state index is 0. The van der Waals surface area contributed by atoms with E-state index in [4.69, 9.17) is 0 Å². The van der Waals surface area contributed by atoms with E-state index in [1.165, 1.54) is 82.7 Å². The monoisotopic (exact) mass is 311 g/mol. The molecule has 0 spiro atoms. The Morgan fingerprint density at radius 1 is 0.810 bits per heavy atom. The zero-order valence-corrected chi connectivity index (χ0v) is 14.9. The number of pyridine rings is 1. The Morgan fingerprint density at radius 3 is 2.05 bits per heavy atom. The van der Waals surface area contributed by atoms with Crippen molar-refractivity contribution in [2.24, 2.45) is 0 Å². The highest BCUT2D eigenvalue weighted by Gasteiger charge is 2.02. The molecule has 0 saturated heterocycles. The molecule has 2 heteroatoms. The van der Waals surface area contributed by atoms with Crippen LogP contribution in [0.25, 0.3) is 0 Å². The van der Waals surface area contributed by atoms with Crippen molar-refractivity contribution in [2.75, 3.05) is 0 Å². The second kappa shape index (κ2) is 14.4. The maximum Gasteiger partial charge on any atom is 0.171 e. The Hall–Kier alpha value is -0.560. The predicted octanol–water partition coefficient (Wildman–Crippen LogP) is 2.46. The standard InChI is InChI=1S/C19H34N.ClH/c1-3-5-6-7-8-9-10-11-12-16-20-17-13-15-19(18-20)14-4-2;/h13,15,17-18H,3-12,14,16H2,1-2H3;1H/q+1;/p-1. The van der Waals surface area contributed by atoms with Gasteiger partial charge in [-0.2, -0.15) is 0 Å². The van der Waals surface area contributed by atoms with Crippen molar-refractivity contribution in [3.8, 4) is 0 Å². The molecular formula is C19H34ClN. The third kappa shape index (κ3) is 10.8. The normalized spacial score (nSPS) is 10.4. The topological polar surface area (TPSA) is 3.88 Å². The van der Waals surface area contributed by atoms with Crippen LogP contribution in [0.4, 0.5) is 0 Å². The van der Waals surface area contributed by atoms with Crippen LogP contribution in [-0.2, 0) is 13.0 Å². The van der Waals surface area contributed by atoms with E-state index >= 15 is 0 Å². The van der Waals surface area contributed by atoms with Crippen LogP contribution in [0.2, 0.25) is 0 Å². The summed E-state index contributed by atoms with van der Waals surface area (Å²) in [7, 11) is 0. The zero-order valence-electron chi connectivity index (χ0n) is 14.1. The molecule has 1 aromatic heterocycles. The second-order valence-electron chi connectivity index (χ2n) is 6.03. The van der Waals surface area contributed by atoms with E-state index in [9.17, 15) is 0 Å². The van der Waals surface area contributed by atoms with Gasteiger partial charge in [0.1, 0.15) is 6.54 Å². The third-order valence-corrected chi connectivity index (χ3v) is 3.98. The molecule has 1 heterocycles. The molecule has 0 aliphatic rings. The lowest BCUT2D eigenvalue weighted by molar-refractivity contribution is -0.697. The molecule has 0 fully saturated rings. The van der Waals surface area contributed by atoms with E-state index in [2.05, 4.69) is 42.9 Å². The summed E-state index contributed by atoms with van der Waals surface area (Å²) < 4.78 is 2.37. The molecule has 0 N–H and O–H groups in total. The summed E-state index contributed by atoms with van der Waals surface area (Å²) in [6.07, 6.45) is 19.7. The first kappa shape index (κ1) is 20.4. The fraction of sp³-hybridized carbons (Fsp3) is 0.737. The lowest BCUT2D eigenvalue weighted by atomic mass is 10.1. The van der Waals surface area contributed by atoms with E-state index in [1.54, 1.807) is 0 Å². The molecule has 0 aliphatic heterocycles. The first-order valence-corrected chi connectivity index (χ1v) is 8.84. The zero-order chi connectivity index (χ0) is 14.5. The van der Waals surface area contributed by atoms with Crippen molar-refractivity contribution in [3.05, 3.63) is 30.1 Å². The van der Waals surface area contributed by atoms with Gasteiger partial charge < -0.3 is 12.4 Å². The van der Waals surface area contributed by atoms with E-state index in [0.29, 0.717) is 0 Å². The lowest BCUT2D eigenvalue weighted by Crippen LogP contribution is -3.00. The number of unbranched alkanes of at least 4 members (excludes halogenated alkanes) is 8. The number of hydrogen-bond donors (Lipinski definition) is 0. The molecule has 122 valence electrons. The highest BCUT2D eigenvalue weighted by molar-refractivity contribution is 5.04. The van der Waals surface area contributed by atoms with E-state index in [0.717, 1.165) is 0 Å². The van der Waals surface area contributed by atoms with Crippen LogP contribution in [0, 0.1) is 0 Å². The van der Waals surface area contributed by atoms with Gasteiger partial charge in [0.15, 0.2) is 12.4 Å². The fourth-order valence-electron chi connectivity index (χ4n) is 2.76. The second-order valence-corrected chi connectivity index (χ2v) is 6.03. The SMILES string of the molecule is CCCCCCCCCCC[n+]1cccc(CCC)c1.[Cl-]. The minimum Gasteiger partial charge on any atom is -1.00 e. The Labute approximate surface area is 138 Å². The minimum absolute atomic E-state index is 0. The van der Waals surface area contributed by atoms with Crippen LogP contribution in [0.5, 0.6) is 0 Å². The largest absolute Gasteiger partial charge is 1.00 e. The Bertz CT molecular complexity index is 338. The lowest BCUT2D eigenvalue weighted by Gasteiger charge is -2.02. The Morgan fingerprint density at radius 2 is 1.43 bits per heavy atom. The summed E-state index contributed by atoms with van der Waals surface area (Å²) in [5, 5.41) is 0. The molecule has 0 aromatic carbocycles. The maximum absolute atomic E-state index is 2.37. The summed E-state index contributed by atoms with van der Waals surface area (Å²) in [6.45, 7) is 5.72. The van der Waals surface area contributed by atoms with Crippen LogP contribution < -0.4 is 17.0 Å². The highest BCUT2D eigenvalue weighted by atomic mass is 35.5. The quantitative estimate of drug-likeness (QED) is 0.412. The number of hydrogen-bond acceptors (Lipinski definition) is 0. The smallest absolute Gasteiger partial charge is 0.171 e. The van der Waals surface area contributed by atoms with Crippen LogP contribution in [0.15, 0.2) is 24.5 Å². The summed E-state index contributed by atoms with van der Waals surface area (Å²) in [4.78, 5) is 0. The van der Waals surface area contributed by atoms with Gasteiger partial charge >= 0.3 is 0 Å². The van der Waals surface area contributed by atoms with Crippen LogP contribution in [-0.4, -0.2) is 0 Å². The van der Waals surface area contributed by atoms with Crippen molar-refractivity contribution < 1.29 is 17.0 Å². The molecule has 0 bridgehead atoms. The summed E-state index contributed by atoms with van der Waals surface area (Å²) >= 11 is 0. The van der Waals surface area contributed by atoms with Gasteiger partial charge in [0.05, 0.1) is 0 Å². The molecule has 1 rings (SSSR count). The molecule has 0 aliphatic carbocycles. The Balaban J connectivity index is 0.00000400. The van der Waals surface area contributed by atoms with Gasteiger partial charge in [-0.3, -0.25) is 0 Å². The van der Waals surface area contributed by atoms with Gasteiger partial charge in [-0.1, -0.05) is 65.2 Å². The highest BCUT2D eigenvalue weighted by Crippen LogP contribution is 2.09. The number of nitrogens with zero attached hydrogens (tertiary/aromatic N) is 1. The third-order valence-electron chi connectivity index (χ3n) is 3.98. The summed E-state index contributed by atoms with van der Waals surface area (Å²) in [6, 6.07) is 4.44. The van der Waals surface area contributed by atoms with Crippen LogP contribution in [0.1, 0.15) is 83.6 Å². The van der Waals surface area contributed by atoms with Gasteiger partial charge in [-0.05, 0) is 18.9 Å². The summed E-state index contributed by atoms with van der Waals surface area (Å²) in [5.74, 6) is 0. The molecule has 21 heavy (non-hydrogen) atoms. The Kier molecular flexibility index (Phi) is 14.0. The fourth-order valence-corrected chi connectivity index (χ4v) is 2.76. The average molecular weight is 312 g/mol. The van der Waals surface area contributed by atoms with Crippen molar-refractivity contribution in [2.45, 2.75) is 91.0 Å². The van der Waals surface area contributed by atoms with Crippen molar-refractivity contribution >= 4 is 0 Å². The van der Waals surface area contributed by atoms with E-state index in [1.807, 2.05) is 0 Å². The van der Waals surface area contributed by atoms with Gasteiger partial charge in [0.25, 0.3) is 0 Å². The maximum atomic E-state index is 2.37. The van der Waals surface area contributed by atoms with Crippen LogP contribution >= 0.6 is 0 Å². The first-order chi connectivity index (χ1) is 9.86. The van der Waals surface area contributed by atoms with Gasteiger partial charge in [-0.15, -0.1) is 0 Å². The number of rotatable bonds is 12. The van der Waals surface area contributed by atoms with E-state index in [-0.39, 0.29) is 12.4 Å². The number of halogens is 1. The van der Waals surface area contributed by atoms with Crippen molar-refractivity contribution in [1.29, 1.82) is 0 Å².